The van der Waals surface area contributed by atoms with Crippen molar-refractivity contribution in [3.05, 3.63) is 28.5 Å². The monoisotopic (exact) mass is 283 g/mol. The second-order valence-corrected chi connectivity index (χ2v) is 5.03. The van der Waals surface area contributed by atoms with Gasteiger partial charge in [0, 0.05) is 0 Å². The van der Waals surface area contributed by atoms with E-state index in [0.29, 0.717) is 16.6 Å². The van der Waals surface area contributed by atoms with Crippen LogP contribution < -0.4 is 0 Å². The van der Waals surface area contributed by atoms with E-state index in [4.69, 9.17) is 17.5 Å². The standard InChI is InChI=1S/C12H8F3N3S/c13-12(14,15)11(3-4-11)18-9-5-7(6-16)1-2-8(9)17-10(18)19/h1-2,5H,3-4H2,(H,17,19). The van der Waals surface area contributed by atoms with Crippen LogP contribution in [0.2, 0.25) is 0 Å². The van der Waals surface area contributed by atoms with E-state index in [1.165, 1.54) is 6.07 Å². The van der Waals surface area contributed by atoms with Crippen molar-refractivity contribution in [2.45, 2.75) is 24.6 Å². The molecule has 0 bridgehead atoms. The van der Waals surface area contributed by atoms with Gasteiger partial charge in [-0.05, 0) is 43.3 Å². The van der Waals surface area contributed by atoms with E-state index in [9.17, 15) is 13.2 Å². The summed E-state index contributed by atoms with van der Waals surface area (Å²) in [4.78, 5) is 2.76. The number of imidazole rings is 1. The minimum Gasteiger partial charge on any atom is -0.331 e. The first-order chi connectivity index (χ1) is 8.89. The second-order valence-electron chi connectivity index (χ2n) is 4.64. The van der Waals surface area contributed by atoms with E-state index in [1.807, 2.05) is 6.07 Å². The predicted octanol–water partition coefficient (Wildman–Crippen LogP) is 3.62. The first-order valence-corrected chi connectivity index (χ1v) is 6.02. The van der Waals surface area contributed by atoms with Gasteiger partial charge >= 0.3 is 6.18 Å². The first kappa shape index (κ1) is 12.2. The minimum atomic E-state index is -4.34. The van der Waals surface area contributed by atoms with Gasteiger partial charge in [0.05, 0.1) is 22.7 Å². The number of alkyl halides is 3. The fourth-order valence-corrected chi connectivity index (χ4v) is 2.73. The van der Waals surface area contributed by atoms with Crippen molar-refractivity contribution in [2.75, 3.05) is 0 Å². The zero-order valence-electron chi connectivity index (χ0n) is 9.58. The summed E-state index contributed by atoms with van der Waals surface area (Å²) >= 11 is 5.01. The van der Waals surface area contributed by atoms with Gasteiger partial charge in [0.2, 0.25) is 0 Å². The van der Waals surface area contributed by atoms with Crippen molar-refractivity contribution in [1.29, 1.82) is 5.26 Å². The van der Waals surface area contributed by atoms with Crippen LogP contribution in [-0.2, 0) is 5.54 Å². The molecule has 0 aliphatic heterocycles. The number of H-pyrrole nitrogens is 1. The largest absolute Gasteiger partial charge is 0.412 e. The summed E-state index contributed by atoms with van der Waals surface area (Å²) in [6.07, 6.45) is -4.30. The lowest BCUT2D eigenvalue weighted by Gasteiger charge is -2.21. The Labute approximate surface area is 111 Å². The Bertz CT molecular complexity index is 759. The number of hydrogen-bond acceptors (Lipinski definition) is 2. The van der Waals surface area contributed by atoms with Crippen molar-refractivity contribution >= 4 is 23.3 Å². The molecule has 1 heterocycles. The van der Waals surface area contributed by atoms with E-state index in [-0.39, 0.29) is 17.6 Å². The van der Waals surface area contributed by atoms with Gasteiger partial charge < -0.3 is 9.55 Å². The zero-order chi connectivity index (χ0) is 13.8. The summed E-state index contributed by atoms with van der Waals surface area (Å²) in [5, 5.41) is 8.86. The molecule has 0 spiro atoms. The van der Waals surface area contributed by atoms with Gasteiger partial charge in [-0.2, -0.15) is 18.4 Å². The number of nitrogens with one attached hydrogen (secondary N) is 1. The normalized spacial score (nSPS) is 17.4. The summed E-state index contributed by atoms with van der Waals surface area (Å²) in [7, 11) is 0. The molecule has 1 aliphatic carbocycles. The number of hydrogen-bond donors (Lipinski definition) is 1. The fraction of sp³-hybridized carbons (Fsp3) is 0.333. The maximum Gasteiger partial charge on any atom is 0.412 e. The Kier molecular flexibility index (Phi) is 2.32. The molecule has 0 radical (unpaired) electrons. The molecule has 1 fully saturated rings. The average Bonchev–Trinajstić information content (AvgIpc) is 3.07. The van der Waals surface area contributed by atoms with E-state index in [1.54, 1.807) is 12.1 Å². The van der Waals surface area contributed by atoms with Crippen LogP contribution in [0.3, 0.4) is 0 Å². The third kappa shape index (κ3) is 1.60. The van der Waals surface area contributed by atoms with Crippen molar-refractivity contribution in [2.24, 2.45) is 0 Å². The lowest BCUT2D eigenvalue weighted by molar-refractivity contribution is -0.179. The molecule has 1 saturated carbocycles. The number of benzene rings is 1. The smallest absolute Gasteiger partial charge is 0.331 e. The molecule has 0 saturated heterocycles. The molecule has 0 amide bonds. The molecule has 1 aromatic heterocycles. The molecule has 3 rings (SSSR count). The third-order valence-electron chi connectivity index (χ3n) is 3.49. The lowest BCUT2D eigenvalue weighted by atomic mass is 10.2. The van der Waals surface area contributed by atoms with Gasteiger partial charge in [-0.1, -0.05) is 0 Å². The highest BCUT2D eigenvalue weighted by Gasteiger charge is 2.65. The molecule has 98 valence electrons. The lowest BCUT2D eigenvalue weighted by Crippen LogP contribution is -2.34. The Morgan fingerprint density at radius 1 is 1.37 bits per heavy atom. The molecular weight excluding hydrogens is 275 g/mol. The van der Waals surface area contributed by atoms with E-state index in [0.717, 1.165) is 4.57 Å². The highest BCUT2D eigenvalue weighted by Crippen LogP contribution is 2.56. The van der Waals surface area contributed by atoms with Crippen LogP contribution in [-0.4, -0.2) is 15.7 Å². The van der Waals surface area contributed by atoms with Crippen molar-refractivity contribution in [1.82, 2.24) is 9.55 Å². The molecular formula is C12H8F3N3S. The maximum atomic E-state index is 13.2. The van der Waals surface area contributed by atoms with Gasteiger partial charge in [-0.25, -0.2) is 0 Å². The van der Waals surface area contributed by atoms with Crippen molar-refractivity contribution in [3.8, 4) is 6.07 Å². The summed E-state index contributed by atoms with van der Waals surface area (Å²) < 4.78 is 40.8. The van der Waals surface area contributed by atoms with Gasteiger partial charge in [0.1, 0.15) is 5.54 Å². The van der Waals surface area contributed by atoms with Crippen LogP contribution in [0.1, 0.15) is 18.4 Å². The van der Waals surface area contributed by atoms with Crippen LogP contribution >= 0.6 is 12.2 Å². The number of rotatable bonds is 1. The van der Waals surface area contributed by atoms with Gasteiger partial charge in [0.25, 0.3) is 0 Å². The Morgan fingerprint density at radius 2 is 2.05 bits per heavy atom. The molecule has 0 atom stereocenters. The number of aromatic amines is 1. The molecule has 19 heavy (non-hydrogen) atoms. The predicted molar refractivity (Wildman–Crippen MR) is 65.1 cm³/mol. The van der Waals surface area contributed by atoms with Crippen LogP contribution in [0, 0.1) is 16.1 Å². The minimum absolute atomic E-state index is 0.0224. The quantitative estimate of drug-likeness (QED) is 0.812. The Morgan fingerprint density at radius 3 is 2.58 bits per heavy atom. The number of nitriles is 1. The molecule has 1 aromatic carbocycles. The summed E-state index contributed by atoms with van der Waals surface area (Å²) in [6.45, 7) is 0. The van der Waals surface area contributed by atoms with E-state index >= 15 is 0 Å². The van der Waals surface area contributed by atoms with Crippen LogP contribution in [0.4, 0.5) is 13.2 Å². The average molecular weight is 283 g/mol. The zero-order valence-corrected chi connectivity index (χ0v) is 10.4. The highest BCUT2D eigenvalue weighted by atomic mass is 32.1. The topological polar surface area (TPSA) is 44.5 Å². The molecule has 2 aromatic rings. The summed E-state index contributed by atoms with van der Waals surface area (Å²) in [6, 6.07) is 6.48. The highest BCUT2D eigenvalue weighted by molar-refractivity contribution is 7.71. The fourth-order valence-electron chi connectivity index (χ4n) is 2.35. The molecule has 1 N–H and O–H groups in total. The Hall–Kier alpha value is -1.81. The third-order valence-corrected chi connectivity index (χ3v) is 3.78. The van der Waals surface area contributed by atoms with Crippen molar-refractivity contribution in [3.63, 3.8) is 0 Å². The molecule has 7 heteroatoms. The molecule has 0 unspecified atom stereocenters. The maximum absolute atomic E-state index is 13.2. The number of fused-ring (bicyclic) bond motifs is 1. The van der Waals surface area contributed by atoms with Crippen LogP contribution in [0.5, 0.6) is 0 Å². The van der Waals surface area contributed by atoms with Crippen LogP contribution in [0.15, 0.2) is 18.2 Å². The second kappa shape index (κ2) is 3.61. The van der Waals surface area contributed by atoms with Crippen LogP contribution in [0.25, 0.3) is 11.0 Å². The van der Waals surface area contributed by atoms with Gasteiger partial charge in [-0.3, -0.25) is 0 Å². The summed E-state index contributed by atoms with van der Waals surface area (Å²) in [5.74, 6) is 0. The number of nitrogens with zero attached hydrogens (tertiary/aromatic N) is 2. The van der Waals surface area contributed by atoms with Crippen molar-refractivity contribution < 1.29 is 13.2 Å². The van der Waals surface area contributed by atoms with E-state index in [2.05, 4.69) is 4.98 Å². The van der Waals surface area contributed by atoms with Gasteiger partial charge in [0.15, 0.2) is 4.77 Å². The summed E-state index contributed by atoms with van der Waals surface area (Å²) in [5.41, 5.74) is -0.747. The van der Waals surface area contributed by atoms with Gasteiger partial charge in [-0.15, -0.1) is 0 Å². The SMILES string of the molecule is N#Cc1ccc2[nH]c(=S)n(C3(C(F)(F)F)CC3)c2c1. The first-order valence-electron chi connectivity index (χ1n) is 5.61. The molecule has 1 aliphatic rings. The van der Waals surface area contributed by atoms with E-state index < -0.39 is 11.7 Å². The Balaban J connectivity index is 2.33. The number of halogens is 3. The number of aromatic nitrogens is 2. The molecule has 3 nitrogen and oxygen atoms in total.